The Kier molecular flexibility index (Phi) is 6.27. The Hall–Kier alpha value is -2.80. The van der Waals surface area contributed by atoms with E-state index < -0.39 is 0 Å². The molecule has 0 saturated heterocycles. The Morgan fingerprint density at radius 2 is 1.86 bits per heavy atom. The van der Waals surface area contributed by atoms with Crippen LogP contribution in [0.4, 0.5) is 5.69 Å². The average Bonchev–Trinajstić information content (AvgIpc) is 2.91. The van der Waals surface area contributed by atoms with Gasteiger partial charge >= 0.3 is 0 Å². The zero-order valence-electron chi connectivity index (χ0n) is 17.1. The number of para-hydroxylation sites is 1. The van der Waals surface area contributed by atoms with E-state index >= 15 is 0 Å². The third-order valence-electron chi connectivity index (χ3n) is 4.47. The number of hydrogen-bond acceptors (Lipinski definition) is 4. The van der Waals surface area contributed by atoms with Gasteiger partial charge in [-0.1, -0.05) is 18.2 Å². The minimum absolute atomic E-state index is 0.0168. The molecule has 0 fully saturated rings. The fourth-order valence-electron chi connectivity index (χ4n) is 3.01. The molecule has 7 heteroatoms. The molecular formula is C22H24BrN3O3. The number of benzene rings is 2. The molecule has 0 amide bonds. The zero-order valence-corrected chi connectivity index (χ0v) is 18.7. The Morgan fingerprint density at radius 1 is 1.17 bits per heavy atom. The van der Waals surface area contributed by atoms with Crippen molar-refractivity contribution in [1.82, 2.24) is 9.36 Å². The molecule has 0 radical (unpaired) electrons. The van der Waals surface area contributed by atoms with E-state index in [4.69, 9.17) is 9.47 Å². The zero-order chi connectivity index (χ0) is 21.1. The molecule has 152 valence electrons. The fourth-order valence-corrected chi connectivity index (χ4v) is 3.56. The summed E-state index contributed by atoms with van der Waals surface area (Å²) < 4.78 is 15.5. The van der Waals surface area contributed by atoms with Crippen molar-refractivity contribution < 1.29 is 9.47 Å². The predicted molar refractivity (Wildman–Crippen MR) is 119 cm³/mol. The van der Waals surface area contributed by atoms with Crippen LogP contribution in [0.5, 0.6) is 11.5 Å². The fraction of sp³-hybridized carbons (Fsp3) is 0.273. The molecule has 0 unspecified atom stereocenters. The minimum Gasteiger partial charge on any atom is -0.493 e. The van der Waals surface area contributed by atoms with Gasteiger partial charge in [-0.25, -0.2) is 9.67 Å². The first-order chi connectivity index (χ1) is 13.8. The monoisotopic (exact) mass is 457 g/mol. The molecule has 1 heterocycles. The van der Waals surface area contributed by atoms with Crippen LogP contribution in [-0.2, 0) is 7.05 Å². The first kappa shape index (κ1) is 20.9. The maximum atomic E-state index is 13.0. The second-order valence-electron chi connectivity index (χ2n) is 6.87. The second kappa shape index (κ2) is 8.69. The number of nitrogens with zero attached hydrogens (tertiary/aromatic N) is 3. The van der Waals surface area contributed by atoms with Crippen LogP contribution in [-0.4, -0.2) is 28.8 Å². The Morgan fingerprint density at radius 3 is 2.48 bits per heavy atom. The lowest BCUT2D eigenvalue weighted by Gasteiger charge is -2.15. The first-order valence-corrected chi connectivity index (χ1v) is 10.0. The van der Waals surface area contributed by atoms with E-state index in [-0.39, 0.29) is 11.7 Å². The Labute approximate surface area is 178 Å². The normalized spacial score (nSPS) is 11.4. The van der Waals surface area contributed by atoms with Gasteiger partial charge in [0.25, 0.3) is 5.56 Å². The van der Waals surface area contributed by atoms with Crippen LogP contribution in [0.15, 0.2) is 56.7 Å². The Balaban J connectivity index is 2.01. The van der Waals surface area contributed by atoms with E-state index in [0.29, 0.717) is 17.2 Å². The molecule has 0 aliphatic rings. The predicted octanol–water partition coefficient (Wildman–Crippen LogP) is 4.79. The summed E-state index contributed by atoms with van der Waals surface area (Å²) in [6.45, 7) is 5.79. The lowest BCUT2D eigenvalue weighted by molar-refractivity contribution is 0.228. The SMILES string of the molecule is COc1cc(C=Nc2c(C)n(C)n(-c3ccccc3)c2=O)cc(Br)c1OC(C)C. The summed E-state index contributed by atoms with van der Waals surface area (Å²) in [6, 6.07) is 13.2. The summed E-state index contributed by atoms with van der Waals surface area (Å²) in [5, 5.41) is 0. The molecule has 0 saturated carbocycles. The van der Waals surface area contributed by atoms with E-state index in [1.54, 1.807) is 22.7 Å². The molecule has 0 atom stereocenters. The Bertz CT molecular complexity index is 1100. The van der Waals surface area contributed by atoms with Gasteiger partial charge in [0, 0.05) is 13.3 Å². The molecule has 1 aromatic heterocycles. The molecular weight excluding hydrogens is 434 g/mol. The van der Waals surface area contributed by atoms with Crippen LogP contribution >= 0.6 is 15.9 Å². The van der Waals surface area contributed by atoms with E-state index in [2.05, 4.69) is 20.9 Å². The summed E-state index contributed by atoms with van der Waals surface area (Å²) in [5.41, 5.74) is 2.59. The number of aliphatic imine (C=N–C) groups is 1. The highest BCUT2D eigenvalue weighted by molar-refractivity contribution is 9.10. The van der Waals surface area contributed by atoms with Gasteiger partial charge in [-0.2, -0.15) is 0 Å². The number of ether oxygens (including phenoxy) is 2. The lowest BCUT2D eigenvalue weighted by atomic mass is 10.2. The minimum atomic E-state index is -0.168. The van der Waals surface area contributed by atoms with Crippen LogP contribution in [0.1, 0.15) is 25.1 Å². The third kappa shape index (κ3) is 4.29. The van der Waals surface area contributed by atoms with Gasteiger partial charge in [-0.3, -0.25) is 9.48 Å². The molecule has 0 aliphatic heterocycles. The first-order valence-electron chi connectivity index (χ1n) is 9.25. The van der Waals surface area contributed by atoms with Crippen molar-refractivity contribution in [3.63, 3.8) is 0 Å². The number of halogens is 1. The van der Waals surface area contributed by atoms with Crippen molar-refractivity contribution in [2.75, 3.05) is 7.11 Å². The molecule has 0 bridgehead atoms. The topological polar surface area (TPSA) is 57.8 Å². The largest absolute Gasteiger partial charge is 0.493 e. The molecule has 0 aliphatic carbocycles. The van der Waals surface area contributed by atoms with Gasteiger partial charge in [0.1, 0.15) is 0 Å². The molecule has 2 aromatic carbocycles. The highest BCUT2D eigenvalue weighted by atomic mass is 79.9. The average molecular weight is 458 g/mol. The van der Waals surface area contributed by atoms with Gasteiger partial charge in [-0.15, -0.1) is 0 Å². The number of rotatable bonds is 6. The van der Waals surface area contributed by atoms with E-state index in [0.717, 1.165) is 21.4 Å². The standard InChI is InChI=1S/C22H24BrN3O3/c1-14(2)29-21-18(23)11-16(12-19(21)28-5)13-24-20-15(3)25(4)26(22(20)27)17-9-7-6-8-10-17/h6-14H,1-5H3. The molecule has 3 aromatic rings. The van der Waals surface area contributed by atoms with Crippen LogP contribution in [0.25, 0.3) is 5.69 Å². The second-order valence-corrected chi connectivity index (χ2v) is 7.72. The maximum Gasteiger partial charge on any atom is 0.297 e. The quantitative estimate of drug-likeness (QED) is 0.499. The summed E-state index contributed by atoms with van der Waals surface area (Å²) in [7, 11) is 3.44. The lowest BCUT2D eigenvalue weighted by Crippen LogP contribution is -2.19. The van der Waals surface area contributed by atoms with E-state index in [9.17, 15) is 4.79 Å². The summed E-state index contributed by atoms with van der Waals surface area (Å²) in [4.78, 5) is 17.5. The van der Waals surface area contributed by atoms with Crippen molar-refractivity contribution in [3.05, 3.63) is 68.5 Å². The number of aromatic nitrogens is 2. The van der Waals surface area contributed by atoms with Crippen LogP contribution < -0.4 is 15.0 Å². The summed E-state index contributed by atoms with van der Waals surface area (Å²) in [6.07, 6.45) is 1.68. The summed E-state index contributed by atoms with van der Waals surface area (Å²) >= 11 is 3.53. The smallest absolute Gasteiger partial charge is 0.297 e. The van der Waals surface area contributed by atoms with Gasteiger partial charge in [0.2, 0.25) is 0 Å². The van der Waals surface area contributed by atoms with Crippen molar-refractivity contribution in [2.24, 2.45) is 12.0 Å². The van der Waals surface area contributed by atoms with E-state index in [1.807, 2.05) is 70.3 Å². The summed E-state index contributed by atoms with van der Waals surface area (Å²) in [5.74, 6) is 1.24. The highest BCUT2D eigenvalue weighted by Gasteiger charge is 2.16. The van der Waals surface area contributed by atoms with Crippen molar-refractivity contribution in [3.8, 4) is 17.2 Å². The van der Waals surface area contributed by atoms with Crippen molar-refractivity contribution in [2.45, 2.75) is 26.9 Å². The molecule has 3 rings (SSSR count). The van der Waals surface area contributed by atoms with Crippen molar-refractivity contribution in [1.29, 1.82) is 0 Å². The molecule has 29 heavy (non-hydrogen) atoms. The van der Waals surface area contributed by atoms with Gasteiger partial charge in [0.15, 0.2) is 17.2 Å². The van der Waals surface area contributed by atoms with Crippen LogP contribution in [0, 0.1) is 6.92 Å². The van der Waals surface area contributed by atoms with Crippen molar-refractivity contribution >= 4 is 27.8 Å². The van der Waals surface area contributed by atoms with Gasteiger partial charge < -0.3 is 9.47 Å². The molecule has 0 N–H and O–H groups in total. The third-order valence-corrected chi connectivity index (χ3v) is 5.06. The molecule has 6 nitrogen and oxygen atoms in total. The van der Waals surface area contributed by atoms with Gasteiger partial charge in [-0.05, 0) is 66.5 Å². The van der Waals surface area contributed by atoms with E-state index in [1.165, 1.54) is 0 Å². The maximum absolute atomic E-state index is 13.0. The molecule has 0 spiro atoms. The highest BCUT2D eigenvalue weighted by Crippen LogP contribution is 2.37. The van der Waals surface area contributed by atoms with Crippen LogP contribution in [0.3, 0.4) is 0 Å². The van der Waals surface area contributed by atoms with Crippen LogP contribution in [0.2, 0.25) is 0 Å². The number of hydrogen-bond donors (Lipinski definition) is 0. The number of methoxy groups -OCH3 is 1. The van der Waals surface area contributed by atoms with Gasteiger partial charge in [0.05, 0.1) is 29.1 Å².